The normalized spacial score (nSPS) is 11.3. The number of aryl methyl sites for hydroxylation is 2. The standard InChI is InChI=1S/C16H15ClN2O2/c1-10-3-4-13(9-11(10)2)16(20)21-19-15(18)12-5-7-14(17)8-6-12/h3-9H,1-2H3,(H2,18,19). The predicted molar refractivity (Wildman–Crippen MR) is 83.5 cm³/mol. The van der Waals surface area contributed by atoms with Crippen LogP contribution >= 0.6 is 11.6 Å². The number of carbonyl (C=O) groups excluding carboxylic acids is 1. The third-order valence-electron chi connectivity index (χ3n) is 3.11. The highest BCUT2D eigenvalue weighted by Crippen LogP contribution is 2.12. The second-order valence-electron chi connectivity index (χ2n) is 4.66. The molecule has 2 aromatic rings. The summed E-state index contributed by atoms with van der Waals surface area (Å²) < 4.78 is 0. The molecule has 2 aromatic carbocycles. The summed E-state index contributed by atoms with van der Waals surface area (Å²) >= 11 is 5.79. The Morgan fingerprint density at radius 3 is 2.29 bits per heavy atom. The molecule has 0 aliphatic rings. The van der Waals surface area contributed by atoms with E-state index in [1.54, 1.807) is 36.4 Å². The maximum Gasteiger partial charge on any atom is 0.365 e. The van der Waals surface area contributed by atoms with E-state index in [0.717, 1.165) is 11.1 Å². The molecule has 2 rings (SSSR count). The maximum atomic E-state index is 11.9. The van der Waals surface area contributed by atoms with E-state index in [-0.39, 0.29) is 5.84 Å². The molecule has 2 N–H and O–H groups in total. The van der Waals surface area contributed by atoms with E-state index < -0.39 is 5.97 Å². The molecule has 0 unspecified atom stereocenters. The molecule has 0 amide bonds. The van der Waals surface area contributed by atoms with E-state index in [2.05, 4.69) is 5.16 Å². The molecule has 21 heavy (non-hydrogen) atoms. The van der Waals surface area contributed by atoms with Crippen LogP contribution in [0.25, 0.3) is 0 Å². The minimum atomic E-state index is -0.546. The van der Waals surface area contributed by atoms with Crippen molar-refractivity contribution in [3.63, 3.8) is 0 Å². The first-order valence-electron chi connectivity index (χ1n) is 6.35. The third kappa shape index (κ3) is 3.83. The van der Waals surface area contributed by atoms with Gasteiger partial charge in [0.05, 0.1) is 5.56 Å². The van der Waals surface area contributed by atoms with Gasteiger partial charge in [0.25, 0.3) is 0 Å². The van der Waals surface area contributed by atoms with Crippen LogP contribution in [0.1, 0.15) is 27.0 Å². The molecule has 0 saturated heterocycles. The zero-order valence-electron chi connectivity index (χ0n) is 11.8. The fourth-order valence-electron chi connectivity index (χ4n) is 1.69. The van der Waals surface area contributed by atoms with Gasteiger partial charge in [0.1, 0.15) is 0 Å². The van der Waals surface area contributed by atoms with Gasteiger partial charge in [0.2, 0.25) is 0 Å². The Labute approximate surface area is 128 Å². The molecule has 0 aliphatic carbocycles. The van der Waals surface area contributed by atoms with Crippen molar-refractivity contribution in [3.05, 3.63) is 69.7 Å². The maximum absolute atomic E-state index is 11.9. The fraction of sp³-hybridized carbons (Fsp3) is 0.125. The molecule has 0 aromatic heterocycles. The van der Waals surface area contributed by atoms with Gasteiger partial charge in [-0.25, -0.2) is 4.79 Å². The van der Waals surface area contributed by atoms with Gasteiger partial charge in [0.15, 0.2) is 5.84 Å². The van der Waals surface area contributed by atoms with Crippen LogP contribution < -0.4 is 5.73 Å². The Kier molecular flexibility index (Phi) is 4.60. The number of amidine groups is 1. The molecule has 0 heterocycles. The van der Waals surface area contributed by atoms with Crippen molar-refractivity contribution in [1.29, 1.82) is 0 Å². The summed E-state index contributed by atoms with van der Waals surface area (Å²) in [6.07, 6.45) is 0. The average molecular weight is 303 g/mol. The molecular formula is C16H15ClN2O2. The molecule has 0 saturated carbocycles. The molecular weight excluding hydrogens is 288 g/mol. The monoisotopic (exact) mass is 302 g/mol. The zero-order chi connectivity index (χ0) is 15.4. The predicted octanol–water partition coefficient (Wildman–Crippen LogP) is 3.43. The number of rotatable bonds is 3. The van der Waals surface area contributed by atoms with Crippen molar-refractivity contribution in [3.8, 4) is 0 Å². The topological polar surface area (TPSA) is 64.7 Å². The molecule has 5 heteroatoms. The van der Waals surface area contributed by atoms with E-state index in [9.17, 15) is 4.79 Å². The third-order valence-corrected chi connectivity index (χ3v) is 3.36. The van der Waals surface area contributed by atoms with Crippen LogP contribution in [0, 0.1) is 13.8 Å². The van der Waals surface area contributed by atoms with Crippen LogP contribution in [0.5, 0.6) is 0 Å². The Morgan fingerprint density at radius 1 is 1.05 bits per heavy atom. The number of oxime groups is 1. The van der Waals surface area contributed by atoms with Gasteiger partial charge in [-0.05, 0) is 61.4 Å². The van der Waals surface area contributed by atoms with Gasteiger partial charge in [-0.15, -0.1) is 0 Å². The van der Waals surface area contributed by atoms with Crippen molar-refractivity contribution < 1.29 is 9.63 Å². The summed E-state index contributed by atoms with van der Waals surface area (Å²) in [6.45, 7) is 3.90. The molecule has 0 bridgehead atoms. The van der Waals surface area contributed by atoms with Crippen LogP contribution in [-0.2, 0) is 4.84 Å². The lowest BCUT2D eigenvalue weighted by Gasteiger charge is -2.04. The van der Waals surface area contributed by atoms with E-state index in [1.807, 2.05) is 19.9 Å². The lowest BCUT2D eigenvalue weighted by atomic mass is 10.1. The highest BCUT2D eigenvalue weighted by molar-refractivity contribution is 6.30. The molecule has 0 aliphatic heterocycles. The van der Waals surface area contributed by atoms with Crippen LogP contribution in [0.15, 0.2) is 47.6 Å². The largest absolute Gasteiger partial charge is 0.380 e. The number of nitrogens with zero attached hydrogens (tertiary/aromatic N) is 1. The number of carbonyl (C=O) groups is 1. The number of nitrogens with two attached hydrogens (primary N) is 1. The van der Waals surface area contributed by atoms with E-state index in [1.165, 1.54) is 0 Å². The van der Waals surface area contributed by atoms with Gasteiger partial charge in [-0.3, -0.25) is 0 Å². The minimum Gasteiger partial charge on any atom is -0.380 e. The number of hydrogen-bond donors (Lipinski definition) is 1. The quantitative estimate of drug-likeness (QED) is 0.409. The Morgan fingerprint density at radius 2 is 1.67 bits per heavy atom. The summed E-state index contributed by atoms with van der Waals surface area (Å²) in [6, 6.07) is 12.1. The van der Waals surface area contributed by atoms with Crippen LogP contribution in [0.4, 0.5) is 0 Å². The first-order chi connectivity index (χ1) is 9.97. The molecule has 0 fully saturated rings. The van der Waals surface area contributed by atoms with Crippen molar-refractivity contribution >= 4 is 23.4 Å². The lowest BCUT2D eigenvalue weighted by molar-refractivity contribution is 0.0516. The number of benzene rings is 2. The van der Waals surface area contributed by atoms with Gasteiger partial charge in [0, 0.05) is 10.6 Å². The second-order valence-corrected chi connectivity index (χ2v) is 5.10. The van der Waals surface area contributed by atoms with Gasteiger partial charge < -0.3 is 10.6 Å². The minimum absolute atomic E-state index is 0.115. The Hall–Kier alpha value is -2.33. The number of halogens is 1. The van der Waals surface area contributed by atoms with E-state index in [4.69, 9.17) is 22.2 Å². The first kappa shape index (κ1) is 15.1. The smallest absolute Gasteiger partial charge is 0.365 e. The van der Waals surface area contributed by atoms with Crippen molar-refractivity contribution in [2.45, 2.75) is 13.8 Å². The van der Waals surface area contributed by atoms with Gasteiger partial charge >= 0.3 is 5.97 Å². The zero-order valence-corrected chi connectivity index (χ0v) is 12.5. The van der Waals surface area contributed by atoms with Crippen LogP contribution in [0.2, 0.25) is 5.02 Å². The molecule has 4 nitrogen and oxygen atoms in total. The number of hydrogen-bond acceptors (Lipinski definition) is 3. The second kappa shape index (κ2) is 6.41. The molecule has 0 radical (unpaired) electrons. The van der Waals surface area contributed by atoms with Gasteiger partial charge in [-0.1, -0.05) is 22.8 Å². The highest BCUT2D eigenvalue weighted by Gasteiger charge is 2.09. The molecule has 0 spiro atoms. The summed E-state index contributed by atoms with van der Waals surface area (Å²) in [5, 5.41) is 4.25. The highest BCUT2D eigenvalue weighted by atomic mass is 35.5. The SMILES string of the molecule is Cc1ccc(C(=O)O/N=C(\N)c2ccc(Cl)cc2)cc1C. The van der Waals surface area contributed by atoms with E-state index >= 15 is 0 Å². The van der Waals surface area contributed by atoms with Gasteiger partial charge in [-0.2, -0.15) is 0 Å². The molecule has 0 atom stereocenters. The first-order valence-corrected chi connectivity index (χ1v) is 6.73. The van der Waals surface area contributed by atoms with E-state index in [0.29, 0.717) is 16.1 Å². The summed E-state index contributed by atoms with van der Waals surface area (Å²) in [5.41, 5.74) is 8.94. The Bertz CT molecular complexity index is 694. The summed E-state index contributed by atoms with van der Waals surface area (Å²) in [7, 11) is 0. The summed E-state index contributed by atoms with van der Waals surface area (Å²) in [5.74, 6) is -0.432. The van der Waals surface area contributed by atoms with Crippen LogP contribution in [0.3, 0.4) is 0 Å². The lowest BCUT2D eigenvalue weighted by Crippen LogP contribution is -2.15. The molecule has 108 valence electrons. The van der Waals surface area contributed by atoms with Crippen molar-refractivity contribution in [2.24, 2.45) is 10.9 Å². The fourth-order valence-corrected chi connectivity index (χ4v) is 1.81. The summed E-state index contributed by atoms with van der Waals surface area (Å²) in [4.78, 5) is 16.8. The average Bonchev–Trinajstić information content (AvgIpc) is 2.48. The van der Waals surface area contributed by atoms with Crippen LogP contribution in [-0.4, -0.2) is 11.8 Å². The van der Waals surface area contributed by atoms with Crippen molar-refractivity contribution in [2.75, 3.05) is 0 Å². The van der Waals surface area contributed by atoms with Crippen molar-refractivity contribution in [1.82, 2.24) is 0 Å². The Balaban J connectivity index is 2.10.